The summed E-state index contributed by atoms with van der Waals surface area (Å²) in [7, 11) is 0. The lowest BCUT2D eigenvalue weighted by Crippen LogP contribution is -2.36. The Hall–Kier alpha value is -2.56. The Kier molecular flexibility index (Phi) is 4.65. The number of rotatable bonds is 3. The Balaban J connectivity index is 1.89. The van der Waals surface area contributed by atoms with Gasteiger partial charge in [-0.3, -0.25) is 0 Å². The molecule has 0 unspecified atom stereocenters. The van der Waals surface area contributed by atoms with Gasteiger partial charge in [-0.05, 0) is 43.7 Å². The van der Waals surface area contributed by atoms with Crippen molar-refractivity contribution in [3.05, 3.63) is 42.5 Å². The van der Waals surface area contributed by atoms with Crippen LogP contribution in [0.2, 0.25) is 0 Å². The van der Waals surface area contributed by atoms with Gasteiger partial charge in [0, 0.05) is 0 Å². The molecule has 0 atom stereocenters. The SMILES string of the molecule is CC(C)(C)OC(=O)NCC(=O)Oc1ccc2ccccc2c1. The summed E-state index contributed by atoms with van der Waals surface area (Å²) in [6, 6.07) is 13.1. The molecule has 0 fully saturated rings. The molecule has 0 saturated heterocycles. The molecule has 22 heavy (non-hydrogen) atoms. The van der Waals surface area contributed by atoms with Crippen LogP contribution in [0.4, 0.5) is 4.79 Å². The summed E-state index contributed by atoms with van der Waals surface area (Å²) in [6.45, 7) is 5.00. The molecule has 0 aliphatic rings. The van der Waals surface area contributed by atoms with E-state index in [4.69, 9.17) is 9.47 Å². The molecule has 2 rings (SSSR count). The number of alkyl carbamates (subject to hydrolysis) is 1. The standard InChI is InChI=1S/C17H19NO4/c1-17(2,3)22-16(20)18-11-15(19)21-14-9-8-12-6-4-5-7-13(12)10-14/h4-10H,11H2,1-3H3,(H,18,20). The number of fused-ring (bicyclic) bond motifs is 1. The summed E-state index contributed by atoms with van der Waals surface area (Å²) in [5, 5.41) is 4.40. The highest BCUT2D eigenvalue weighted by Crippen LogP contribution is 2.20. The minimum Gasteiger partial charge on any atom is -0.444 e. The summed E-state index contributed by atoms with van der Waals surface area (Å²) in [4.78, 5) is 23.2. The molecule has 116 valence electrons. The van der Waals surface area contributed by atoms with Crippen LogP contribution in [-0.2, 0) is 9.53 Å². The van der Waals surface area contributed by atoms with E-state index >= 15 is 0 Å². The van der Waals surface area contributed by atoms with Crippen LogP contribution < -0.4 is 10.1 Å². The zero-order valence-electron chi connectivity index (χ0n) is 12.9. The van der Waals surface area contributed by atoms with Crippen LogP contribution in [-0.4, -0.2) is 24.2 Å². The monoisotopic (exact) mass is 301 g/mol. The van der Waals surface area contributed by atoms with Crippen LogP contribution in [0.5, 0.6) is 5.75 Å². The van der Waals surface area contributed by atoms with E-state index in [0.29, 0.717) is 5.75 Å². The molecule has 5 heteroatoms. The van der Waals surface area contributed by atoms with Gasteiger partial charge in [0.15, 0.2) is 0 Å². The van der Waals surface area contributed by atoms with Crippen molar-refractivity contribution in [3.8, 4) is 5.75 Å². The van der Waals surface area contributed by atoms with Crippen molar-refractivity contribution in [1.29, 1.82) is 0 Å². The highest BCUT2D eigenvalue weighted by atomic mass is 16.6. The zero-order chi connectivity index (χ0) is 16.2. The summed E-state index contributed by atoms with van der Waals surface area (Å²) in [6.07, 6.45) is -0.650. The number of nitrogens with one attached hydrogen (secondary N) is 1. The molecule has 5 nitrogen and oxygen atoms in total. The van der Waals surface area contributed by atoms with E-state index in [0.717, 1.165) is 10.8 Å². The number of carbonyl (C=O) groups is 2. The van der Waals surface area contributed by atoms with Gasteiger partial charge < -0.3 is 14.8 Å². The van der Waals surface area contributed by atoms with E-state index in [-0.39, 0.29) is 6.54 Å². The Morgan fingerprint density at radius 1 is 1.05 bits per heavy atom. The van der Waals surface area contributed by atoms with Crippen LogP contribution in [0, 0.1) is 0 Å². The first-order valence-corrected chi connectivity index (χ1v) is 7.00. The van der Waals surface area contributed by atoms with E-state index in [1.54, 1.807) is 32.9 Å². The summed E-state index contributed by atoms with van der Waals surface area (Å²) < 4.78 is 10.2. The van der Waals surface area contributed by atoms with Crippen molar-refractivity contribution in [2.45, 2.75) is 26.4 Å². The quantitative estimate of drug-likeness (QED) is 0.698. The summed E-state index contributed by atoms with van der Waals surface area (Å²) >= 11 is 0. The van der Waals surface area contributed by atoms with E-state index in [9.17, 15) is 9.59 Å². The minimum atomic E-state index is -0.650. The number of ether oxygens (including phenoxy) is 2. The Morgan fingerprint density at radius 2 is 1.73 bits per heavy atom. The van der Waals surface area contributed by atoms with Crippen LogP contribution in [0.15, 0.2) is 42.5 Å². The third kappa shape index (κ3) is 4.77. The van der Waals surface area contributed by atoms with Crippen LogP contribution in [0.25, 0.3) is 10.8 Å². The lowest BCUT2D eigenvalue weighted by atomic mass is 10.1. The van der Waals surface area contributed by atoms with Gasteiger partial charge in [0.25, 0.3) is 0 Å². The second-order valence-corrected chi connectivity index (χ2v) is 5.84. The van der Waals surface area contributed by atoms with Gasteiger partial charge in [0.2, 0.25) is 0 Å². The highest BCUT2D eigenvalue weighted by Gasteiger charge is 2.17. The minimum absolute atomic E-state index is 0.248. The van der Waals surface area contributed by atoms with Gasteiger partial charge in [-0.2, -0.15) is 0 Å². The number of esters is 1. The molecular formula is C17H19NO4. The normalized spacial score (nSPS) is 11.0. The number of benzene rings is 2. The van der Waals surface area contributed by atoms with E-state index in [2.05, 4.69) is 5.32 Å². The molecule has 0 aliphatic heterocycles. The van der Waals surface area contributed by atoms with Gasteiger partial charge in [0.1, 0.15) is 17.9 Å². The third-order valence-electron chi connectivity index (χ3n) is 2.73. The third-order valence-corrected chi connectivity index (χ3v) is 2.73. The number of hydrogen-bond donors (Lipinski definition) is 1. The first-order chi connectivity index (χ1) is 10.3. The van der Waals surface area contributed by atoms with Crippen molar-refractivity contribution in [2.24, 2.45) is 0 Å². The van der Waals surface area contributed by atoms with Gasteiger partial charge in [0.05, 0.1) is 0 Å². The van der Waals surface area contributed by atoms with Crippen molar-refractivity contribution in [3.63, 3.8) is 0 Å². The van der Waals surface area contributed by atoms with Crippen molar-refractivity contribution in [2.75, 3.05) is 6.54 Å². The average Bonchev–Trinajstić information content (AvgIpc) is 2.43. The second-order valence-electron chi connectivity index (χ2n) is 5.84. The molecule has 0 saturated carbocycles. The fourth-order valence-electron chi connectivity index (χ4n) is 1.86. The highest BCUT2D eigenvalue weighted by molar-refractivity contribution is 5.85. The topological polar surface area (TPSA) is 64.6 Å². The molecule has 0 bridgehead atoms. The number of amides is 1. The molecular weight excluding hydrogens is 282 g/mol. The second kappa shape index (κ2) is 6.47. The molecule has 0 radical (unpaired) electrons. The maximum Gasteiger partial charge on any atom is 0.408 e. The molecule has 0 spiro atoms. The first kappa shape index (κ1) is 15.8. The molecule has 0 heterocycles. The molecule has 0 aliphatic carbocycles. The largest absolute Gasteiger partial charge is 0.444 e. The summed E-state index contributed by atoms with van der Waals surface area (Å²) in [5.74, 6) is -0.115. The number of carbonyl (C=O) groups excluding carboxylic acids is 2. The van der Waals surface area contributed by atoms with Crippen molar-refractivity contribution < 1.29 is 19.1 Å². The van der Waals surface area contributed by atoms with Gasteiger partial charge in [-0.1, -0.05) is 30.3 Å². The Morgan fingerprint density at radius 3 is 2.41 bits per heavy atom. The van der Waals surface area contributed by atoms with Crippen LogP contribution in [0.1, 0.15) is 20.8 Å². The van der Waals surface area contributed by atoms with E-state index in [1.807, 2.05) is 30.3 Å². The van der Waals surface area contributed by atoms with E-state index in [1.165, 1.54) is 0 Å². The van der Waals surface area contributed by atoms with Crippen molar-refractivity contribution >= 4 is 22.8 Å². The zero-order valence-corrected chi connectivity index (χ0v) is 12.9. The number of hydrogen-bond acceptors (Lipinski definition) is 4. The Bertz CT molecular complexity index is 688. The molecule has 1 N–H and O–H groups in total. The lowest BCUT2D eigenvalue weighted by Gasteiger charge is -2.19. The molecule has 0 aromatic heterocycles. The Labute approximate surface area is 129 Å². The maximum absolute atomic E-state index is 11.7. The van der Waals surface area contributed by atoms with Gasteiger partial charge in [-0.25, -0.2) is 9.59 Å². The molecule has 2 aromatic carbocycles. The predicted octanol–water partition coefficient (Wildman–Crippen LogP) is 3.27. The first-order valence-electron chi connectivity index (χ1n) is 7.00. The van der Waals surface area contributed by atoms with Crippen LogP contribution in [0.3, 0.4) is 0 Å². The van der Waals surface area contributed by atoms with Gasteiger partial charge >= 0.3 is 12.1 Å². The summed E-state index contributed by atoms with van der Waals surface area (Å²) in [5.41, 5.74) is -0.605. The fourth-order valence-corrected chi connectivity index (χ4v) is 1.86. The van der Waals surface area contributed by atoms with Crippen LogP contribution >= 0.6 is 0 Å². The molecule has 1 amide bonds. The lowest BCUT2D eigenvalue weighted by molar-refractivity contribution is -0.133. The van der Waals surface area contributed by atoms with Gasteiger partial charge in [-0.15, -0.1) is 0 Å². The van der Waals surface area contributed by atoms with Crippen molar-refractivity contribution in [1.82, 2.24) is 5.32 Å². The smallest absolute Gasteiger partial charge is 0.408 e. The average molecular weight is 301 g/mol. The predicted molar refractivity (Wildman–Crippen MR) is 83.8 cm³/mol. The molecule has 2 aromatic rings. The fraction of sp³-hybridized carbons (Fsp3) is 0.294. The maximum atomic E-state index is 11.7. The van der Waals surface area contributed by atoms with E-state index < -0.39 is 17.7 Å².